The van der Waals surface area contributed by atoms with Crippen LogP contribution in [0.15, 0.2) is 24.3 Å². The number of rotatable bonds is 11. The third kappa shape index (κ3) is 7.91. The maximum Gasteiger partial charge on any atom is 0.412 e. The molecule has 4 heteroatoms. The summed E-state index contributed by atoms with van der Waals surface area (Å²) in [6.45, 7) is 9.00. The number of nitrogens with zero attached hydrogens (tertiary/aromatic N) is 1. The van der Waals surface area contributed by atoms with E-state index in [0.717, 1.165) is 31.6 Å². The molecule has 1 rings (SSSR count). The van der Waals surface area contributed by atoms with Crippen LogP contribution in [0.5, 0.6) is 5.75 Å². The molecule has 23 heavy (non-hydrogen) atoms. The number of ether oxygens (including phenoxy) is 1. The number of hydrogen-bond acceptors (Lipinski definition) is 3. The first-order chi connectivity index (χ1) is 11.2. The van der Waals surface area contributed by atoms with Crippen molar-refractivity contribution in [3.63, 3.8) is 0 Å². The lowest BCUT2D eigenvalue weighted by molar-refractivity contribution is 0.200. The van der Waals surface area contributed by atoms with Gasteiger partial charge in [0.2, 0.25) is 0 Å². The first-order valence-corrected chi connectivity index (χ1v) is 9.01. The lowest BCUT2D eigenvalue weighted by atomic mass is 10.1. The molecule has 4 nitrogen and oxygen atoms in total. The number of benzene rings is 1. The van der Waals surface area contributed by atoms with Gasteiger partial charge in [0.05, 0.1) is 0 Å². The van der Waals surface area contributed by atoms with Gasteiger partial charge in [0.25, 0.3) is 0 Å². The first kappa shape index (κ1) is 19.3. The summed E-state index contributed by atoms with van der Waals surface area (Å²) >= 11 is 0. The van der Waals surface area contributed by atoms with E-state index in [4.69, 9.17) is 4.74 Å². The van der Waals surface area contributed by atoms with Gasteiger partial charge in [-0.1, -0.05) is 45.1 Å². The average Bonchev–Trinajstić information content (AvgIpc) is 2.55. The molecule has 1 N–H and O–H groups in total. The van der Waals surface area contributed by atoms with E-state index >= 15 is 0 Å². The molecule has 0 fully saturated rings. The number of unbranched alkanes of at least 4 members (excludes halogenated alkanes) is 5. The van der Waals surface area contributed by atoms with Crippen LogP contribution in [-0.4, -0.2) is 25.7 Å². The van der Waals surface area contributed by atoms with Gasteiger partial charge in [-0.15, -0.1) is 0 Å². The molecule has 0 spiro atoms. The number of anilines is 1. The van der Waals surface area contributed by atoms with Crippen LogP contribution in [0.3, 0.4) is 0 Å². The van der Waals surface area contributed by atoms with Gasteiger partial charge in [0.15, 0.2) is 0 Å². The molecule has 1 aromatic rings. The molecule has 130 valence electrons. The van der Waals surface area contributed by atoms with Gasteiger partial charge >= 0.3 is 6.09 Å². The SMILES string of the molecule is CCCCCCCCNC(=O)Oc1cccc(N(CC)CC)c1. The van der Waals surface area contributed by atoms with E-state index < -0.39 is 0 Å². The second kappa shape index (κ2) is 11.8. The van der Waals surface area contributed by atoms with Crippen LogP contribution in [0, 0.1) is 0 Å². The second-order valence-electron chi connectivity index (χ2n) is 5.75. The smallest absolute Gasteiger partial charge is 0.410 e. The number of carbonyl (C=O) groups is 1. The van der Waals surface area contributed by atoms with E-state index in [0.29, 0.717) is 12.3 Å². The van der Waals surface area contributed by atoms with E-state index in [1.807, 2.05) is 24.3 Å². The van der Waals surface area contributed by atoms with Crippen molar-refractivity contribution in [2.75, 3.05) is 24.5 Å². The van der Waals surface area contributed by atoms with Crippen molar-refractivity contribution >= 4 is 11.8 Å². The van der Waals surface area contributed by atoms with E-state index in [1.54, 1.807) is 0 Å². The highest BCUT2D eigenvalue weighted by Crippen LogP contribution is 2.21. The largest absolute Gasteiger partial charge is 0.412 e. The molecule has 0 atom stereocenters. The highest BCUT2D eigenvalue weighted by atomic mass is 16.6. The normalized spacial score (nSPS) is 10.4. The van der Waals surface area contributed by atoms with Gasteiger partial charge in [-0.3, -0.25) is 0 Å². The van der Waals surface area contributed by atoms with Crippen LogP contribution in [0.25, 0.3) is 0 Å². The summed E-state index contributed by atoms with van der Waals surface area (Å²) < 4.78 is 5.36. The fraction of sp³-hybridized carbons (Fsp3) is 0.632. The van der Waals surface area contributed by atoms with Crippen LogP contribution in [0.4, 0.5) is 10.5 Å². The summed E-state index contributed by atoms with van der Waals surface area (Å²) in [4.78, 5) is 14.0. The van der Waals surface area contributed by atoms with Crippen LogP contribution >= 0.6 is 0 Å². The van der Waals surface area contributed by atoms with Crippen molar-refractivity contribution in [3.05, 3.63) is 24.3 Å². The Kier molecular flexibility index (Phi) is 9.92. The number of hydrogen-bond donors (Lipinski definition) is 1. The van der Waals surface area contributed by atoms with Crippen molar-refractivity contribution in [1.29, 1.82) is 0 Å². The summed E-state index contributed by atoms with van der Waals surface area (Å²) in [6.07, 6.45) is 6.91. The quantitative estimate of drug-likeness (QED) is 0.585. The Morgan fingerprint density at radius 1 is 1.04 bits per heavy atom. The molecule has 0 radical (unpaired) electrons. The average molecular weight is 320 g/mol. The number of carbonyl (C=O) groups excluding carboxylic acids is 1. The zero-order valence-electron chi connectivity index (χ0n) is 14.9. The fourth-order valence-electron chi connectivity index (χ4n) is 2.57. The van der Waals surface area contributed by atoms with Gasteiger partial charge in [0, 0.05) is 31.4 Å². The molecular weight excluding hydrogens is 288 g/mol. The Morgan fingerprint density at radius 2 is 1.74 bits per heavy atom. The molecule has 0 aliphatic heterocycles. The molecule has 0 aliphatic rings. The van der Waals surface area contributed by atoms with E-state index in [-0.39, 0.29) is 6.09 Å². The molecule has 0 saturated carbocycles. The number of nitrogens with one attached hydrogen (secondary N) is 1. The summed E-state index contributed by atoms with van der Waals surface area (Å²) in [7, 11) is 0. The second-order valence-corrected chi connectivity index (χ2v) is 5.75. The molecule has 1 amide bonds. The van der Waals surface area contributed by atoms with Gasteiger partial charge in [-0.2, -0.15) is 0 Å². The van der Waals surface area contributed by atoms with Gasteiger partial charge in [0.1, 0.15) is 5.75 Å². The Labute approximate surface area is 141 Å². The Hall–Kier alpha value is -1.71. The third-order valence-electron chi connectivity index (χ3n) is 3.96. The van der Waals surface area contributed by atoms with Crippen LogP contribution < -0.4 is 15.0 Å². The van der Waals surface area contributed by atoms with Crippen molar-refractivity contribution in [1.82, 2.24) is 5.32 Å². The monoisotopic (exact) mass is 320 g/mol. The minimum absolute atomic E-state index is 0.366. The van der Waals surface area contributed by atoms with Crippen molar-refractivity contribution in [2.45, 2.75) is 59.3 Å². The third-order valence-corrected chi connectivity index (χ3v) is 3.96. The zero-order chi connectivity index (χ0) is 16.9. The molecular formula is C19H32N2O2. The van der Waals surface area contributed by atoms with Crippen molar-refractivity contribution in [3.8, 4) is 5.75 Å². The summed E-state index contributed by atoms with van der Waals surface area (Å²) in [5.74, 6) is 0.592. The van der Waals surface area contributed by atoms with E-state index in [9.17, 15) is 4.79 Å². The lowest BCUT2D eigenvalue weighted by Gasteiger charge is -2.21. The molecule has 0 heterocycles. The van der Waals surface area contributed by atoms with Crippen LogP contribution in [0.1, 0.15) is 59.3 Å². The predicted molar refractivity (Wildman–Crippen MR) is 97.4 cm³/mol. The molecule has 1 aromatic carbocycles. The molecule has 0 unspecified atom stereocenters. The van der Waals surface area contributed by atoms with Crippen LogP contribution in [0.2, 0.25) is 0 Å². The molecule has 0 saturated heterocycles. The highest BCUT2D eigenvalue weighted by molar-refractivity contribution is 5.70. The van der Waals surface area contributed by atoms with Gasteiger partial charge < -0.3 is 15.0 Å². The van der Waals surface area contributed by atoms with Gasteiger partial charge in [-0.05, 0) is 32.4 Å². The summed E-state index contributed by atoms with van der Waals surface area (Å²) in [6, 6.07) is 7.69. The number of amides is 1. The molecule has 0 aromatic heterocycles. The maximum absolute atomic E-state index is 11.8. The fourth-order valence-corrected chi connectivity index (χ4v) is 2.57. The van der Waals surface area contributed by atoms with E-state index in [1.165, 1.54) is 25.7 Å². The summed E-state index contributed by atoms with van der Waals surface area (Å²) in [5.41, 5.74) is 1.08. The Balaban J connectivity index is 2.30. The standard InChI is InChI=1S/C19H32N2O2/c1-4-7-8-9-10-11-15-20-19(22)23-18-14-12-13-17(16-18)21(5-2)6-3/h12-14,16H,4-11,15H2,1-3H3,(H,20,22). The predicted octanol–water partition coefficient (Wildman–Crippen LogP) is 4.98. The molecule has 0 aliphatic carbocycles. The minimum atomic E-state index is -0.366. The van der Waals surface area contributed by atoms with Crippen molar-refractivity contribution < 1.29 is 9.53 Å². The van der Waals surface area contributed by atoms with Crippen LogP contribution in [-0.2, 0) is 0 Å². The molecule has 0 bridgehead atoms. The zero-order valence-corrected chi connectivity index (χ0v) is 14.9. The summed E-state index contributed by atoms with van der Waals surface area (Å²) in [5, 5.41) is 2.82. The Morgan fingerprint density at radius 3 is 2.43 bits per heavy atom. The minimum Gasteiger partial charge on any atom is -0.410 e. The first-order valence-electron chi connectivity index (χ1n) is 9.01. The van der Waals surface area contributed by atoms with E-state index in [2.05, 4.69) is 31.0 Å². The van der Waals surface area contributed by atoms with Gasteiger partial charge in [-0.25, -0.2) is 4.79 Å². The topological polar surface area (TPSA) is 41.6 Å². The van der Waals surface area contributed by atoms with Crippen molar-refractivity contribution in [2.24, 2.45) is 0 Å². The Bertz CT molecular complexity index is 445. The lowest BCUT2D eigenvalue weighted by Crippen LogP contribution is -2.28. The maximum atomic E-state index is 11.8. The highest BCUT2D eigenvalue weighted by Gasteiger charge is 2.07.